The molecule has 0 unspecified atom stereocenters. The number of benzene rings is 2. The van der Waals surface area contributed by atoms with Gasteiger partial charge >= 0.3 is 5.97 Å². The van der Waals surface area contributed by atoms with Crippen LogP contribution in [-0.2, 0) is 20.2 Å². The summed E-state index contributed by atoms with van der Waals surface area (Å²) in [6.45, 7) is 10.0. The van der Waals surface area contributed by atoms with Crippen LogP contribution in [0.3, 0.4) is 0 Å². The lowest BCUT2D eigenvalue weighted by atomic mass is 9.93. The molecule has 1 saturated heterocycles. The molecule has 4 aromatic rings. The van der Waals surface area contributed by atoms with E-state index in [4.69, 9.17) is 37.6 Å². The average molecular weight is 604 g/mol. The quantitative estimate of drug-likeness (QED) is 0.214. The van der Waals surface area contributed by atoms with Crippen molar-refractivity contribution in [3.8, 4) is 11.6 Å². The lowest BCUT2D eigenvalue weighted by molar-refractivity contribution is 0.0696. The first-order chi connectivity index (χ1) is 20.7. The van der Waals surface area contributed by atoms with E-state index in [1.165, 1.54) is 12.1 Å². The molecule has 9 nitrogen and oxygen atoms in total. The highest BCUT2D eigenvalue weighted by Crippen LogP contribution is 2.41. The number of aromatic nitrogens is 3. The molecule has 0 bridgehead atoms. The van der Waals surface area contributed by atoms with Gasteiger partial charge in [0.1, 0.15) is 29.5 Å². The molecule has 11 heteroatoms. The summed E-state index contributed by atoms with van der Waals surface area (Å²) < 4.78 is 27.8. The zero-order chi connectivity index (χ0) is 30.1. The molecule has 6 rings (SSSR count). The van der Waals surface area contributed by atoms with E-state index in [1.807, 2.05) is 23.7 Å². The molecule has 2 aromatic heterocycles. The van der Waals surface area contributed by atoms with Crippen LogP contribution in [0.25, 0.3) is 15.9 Å². The molecule has 43 heavy (non-hydrogen) atoms. The summed E-state index contributed by atoms with van der Waals surface area (Å²) in [4.78, 5) is 27.4. The van der Waals surface area contributed by atoms with Crippen LogP contribution in [-0.4, -0.2) is 55.7 Å². The number of imidazole rings is 1. The lowest BCUT2D eigenvalue weighted by Gasteiger charge is -2.31. The summed E-state index contributed by atoms with van der Waals surface area (Å²) in [6.07, 6.45) is 3.39. The summed E-state index contributed by atoms with van der Waals surface area (Å²) in [7, 11) is 1.89. The number of aromatic carboxylic acids is 1. The van der Waals surface area contributed by atoms with Crippen LogP contribution in [0.1, 0.15) is 59.0 Å². The molecule has 3 heterocycles. The second-order valence-electron chi connectivity index (χ2n) is 11.3. The first-order valence-corrected chi connectivity index (χ1v) is 14.6. The van der Waals surface area contributed by atoms with Gasteiger partial charge in [-0.15, -0.1) is 0 Å². The van der Waals surface area contributed by atoms with Crippen molar-refractivity contribution < 1.29 is 23.8 Å². The van der Waals surface area contributed by atoms with Crippen molar-refractivity contribution in [1.82, 2.24) is 19.4 Å². The van der Waals surface area contributed by atoms with Crippen molar-refractivity contribution >= 4 is 28.6 Å². The van der Waals surface area contributed by atoms with E-state index < -0.39 is 17.3 Å². The fraction of sp³-hybridized carbons (Fsp3) is 0.375. The Morgan fingerprint density at radius 2 is 1.95 bits per heavy atom. The highest BCUT2D eigenvalue weighted by molar-refractivity contribution is 6.30. The van der Waals surface area contributed by atoms with Crippen molar-refractivity contribution in [2.75, 3.05) is 19.7 Å². The summed E-state index contributed by atoms with van der Waals surface area (Å²) >= 11 is 5.84. The lowest BCUT2D eigenvalue weighted by Crippen LogP contribution is -2.33. The van der Waals surface area contributed by atoms with Gasteiger partial charge < -0.3 is 24.0 Å². The van der Waals surface area contributed by atoms with Gasteiger partial charge in [0.25, 0.3) is 5.54 Å². The van der Waals surface area contributed by atoms with Crippen molar-refractivity contribution in [1.29, 1.82) is 0 Å². The number of ether oxygens (including phenoxy) is 2. The third-order valence-corrected chi connectivity index (χ3v) is 8.59. The third kappa shape index (κ3) is 6.28. The van der Waals surface area contributed by atoms with Crippen LogP contribution in [0.2, 0.25) is 5.02 Å². The Hall–Kier alpha value is -4.20. The minimum absolute atomic E-state index is 0.0665. The zero-order valence-electron chi connectivity index (χ0n) is 23.7. The van der Waals surface area contributed by atoms with Gasteiger partial charge in [-0.25, -0.2) is 25.7 Å². The number of fused-ring (bicyclic) bond motifs is 1. The van der Waals surface area contributed by atoms with E-state index in [2.05, 4.69) is 9.74 Å². The van der Waals surface area contributed by atoms with Crippen molar-refractivity contribution in [3.05, 3.63) is 93.4 Å². The molecular formula is C32H31ClFN5O4. The molecular weight excluding hydrogens is 573 g/mol. The smallest absolute Gasteiger partial charge is 0.335 e. The SMILES string of the molecule is [C-]#[N+]C1(COc2cc(C(=O)O)cc3c2nc(CN2CCC(c4cccc(OCc5ccc(Cl)cc5F)n4)CC2)n3C)CC1. The number of piperidine rings is 1. The molecule has 0 atom stereocenters. The van der Waals surface area contributed by atoms with Gasteiger partial charge in [-0.05, 0) is 56.3 Å². The van der Waals surface area contributed by atoms with E-state index in [1.54, 1.807) is 24.3 Å². The van der Waals surface area contributed by atoms with Crippen LogP contribution in [0, 0.1) is 12.4 Å². The zero-order valence-corrected chi connectivity index (χ0v) is 24.5. The second-order valence-corrected chi connectivity index (χ2v) is 11.8. The number of hydrogen-bond acceptors (Lipinski definition) is 6. The van der Waals surface area contributed by atoms with E-state index in [9.17, 15) is 14.3 Å². The summed E-state index contributed by atoms with van der Waals surface area (Å²) in [5, 5.41) is 10.0. The van der Waals surface area contributed by atoms with Crippen molar-refractivity contribution in [2.45, 2.75) is 50.3 Å². The molecule has 0 amide bonds. The first kappa shape index (κ1) is 28.9. The number of carbonyl (C=O) groups is 1. The van der Waals surface area contributed by atoms with E-state index >= 15 is 0 Å². The maximum absolute atomic E-state index is 14.1. The van der Waals surface area contributed by atoms with Crippen LogP contribution < -0.4 is 9.47 Å². The van der Waals surface area contributed by atoms with E-state index in [-0.39, 0.29) is 24.7 Å². The number of rotatable bonds is 10. The Balaban J connectivity index is 1.11. The Kier molecular flexibility index (Phi) is 7.95. The molecule has 0 radical (unpaired) electrons. The predicted octanol–water partition coefficient (Wildman–Crippen LogP) is 6.25. The number of pyridine rings is 1. The molecule has 0 spiro atoms. The van der Waals surface area contributed by atoms with Gasteiger partial charge in [-0.1, -0.05) is 23.7 Å². The second kappa shape index (κ2) is 11.8. The van der Waals surface area contributed by atoms with Crippen LogP contribution in [0.15, 0.2) is 48.5 Å². The van der Waals surface area contributed by atoms with Gasteiger partial charge in [0.15, 0.2) is 6.61 Å². The molecule has 222 valence electrons. The number of aryl methyl sites for hydroxylation is 1. The van der Waals surface area contributed by atoms with Crippen molar-refractivity contribution in [3.63, 3.8) is 0 Å². The van der Waals surface area contributed by atoms with Gasteiger partial charge in [-0.2, -0.15) is 0 Å². The average Bonchev–Trinajstić information content (AvgIpc) is 3.73. The third-order valence-electron chi connectivity index (χ3n) is 8.36. The van der Waals surface area contributed by atoms with Crippen LogP contribution in [0.4, 0.5) is 4.39 Å². The molecule has 2 fully saturated rings. The van der Waals surface area contributed by atoms with E-state index in [0.717, 1.165) is 50.3 Å². The molecule has 2 aromatic carbocycles. The highest BCUT2D eigenvalue weighted by atomic mass is 35.5. The highest BCUT2D eigenvalue weighted by Gasteiger charge is 2.52. The van der Waals surface area contributed by atoms with Gasteiger partial charge in [-0.3, -0.25) is 4.90 Å². The molecule has 1 N–H and O–H groups in total. The summed E-state index contributed by atoms with van der Waals surface area (Å²) in [6, 6.07) is 13.3. The summed E-state index contributed by atoms with van der Waals surface area (Å²) in [5.74, 6) is 0.490. The largest absolute Gasteiger partial charge is 0.483 e. The standard InChI is InChI=1S/C32H31ClFN5O4/c1-35-32(10-11-32)19-43-27-15-22(31(40)41)14-26-30(27)37-28(38(26)2)17-39-12-8-20(9-13-39)25-4-3-5-29(36-25)42-18-21-6-7-23(33)16-24(21)34/h3-7,14-16,20H,8-13,17-19H2,2H3,(H,40,41). The Labute approximate surface area is 253 Å². The number of nitrogens with zero attached hydrogens (tertiary/aromatic N) is 5. The van der Waals surface area contributed by atoms with Gasteiger partial charge in [0.2, 0.25) is 5.88 Å². The first-order valence-electron chi connectivity index (χ1n) is 14.2. The number of halogens is 2. The van der Waals surface area contributed by atoms with Crippen LogP contribution in [0.5, 0.6) is 11.6 Å². The normalized spacial score (nSPS) is 16.6. The maximum Gasteiger partial charge on any atom is 0.335 e. The number of likely N-dealkylation sites (tertiary alicyclic amines) is 1. The molecule has 1 aliphatic heterocycles. The Bertz CT molecular complexity index is 1720. The monoisotopic (exact) mass is 603 g/mol. The number of carboxylic acids is 1. The Morgan fingerprint density at radius 1 is 1.16 bits per heavy atom. The van der Waals surface area contributed by atoms with Crippen molar-refractivity contribution in [2.24, 2.45) is 7.05 Å². The maximum atomic E-state index is 14.1. The summed E-state index contributed by atoms with van der Waals surface area (Å²) in [5.41, 5.74) is 2.29. The topological polar surface area (TPSA) is 94.1 Å². The minimum atomic E-state index is -1.04. The number of hydrogen-bond donors (Lipinski definition) is 1. The molecule has 1 aliphatic carbocycles. The Morgan fingerprint density at radius 3 is 2.65 bits per heavy atom. The van der Waals surface area contributed by atoms with Gasteiger partial charge in [0, 0.05) is 48.2 Å². The van der Waals surface area contributed by atoms with Gasteiger partial charge in [0.05, 0.1) is 17.6 Å². The van der Waals surface area contributed by atoms with Crippen LogP contribution >= 0.6 is 11.6 Å². The predicted molar refractivity (Wildman–Crippen MR) is 159 cm³/mol. The fourth-order valence-corrected chi connectivity index (χ4v) is 5.60. The van der Waals surface area contributed by atoms with E-state index in [0.29, 0.717) is 39.8 Å². The number of carboxylic acid groups (broad SMARTS) is 1. The molecule has 2 aliphatic rings. The fourth-order valence-electron chi connectivity index (χ4n) is 5.44. The minimum Gasteiger partial charge on any atom is -0.483 e. The molecule has 1 saturated carbocycles.